The van der Waals surface area contributed by atoms with Gasteiger partial charge < -0.3 is 5.11 Å². The van der Waals surface area contributed by atoms with Gasteiger partial charge in [0, 0.05) is 6.42 Å². The largest absolute Gasteiger partial charge is 0.479 e. The third kappa shape index (κ3) is 2.43. The van der Waals surface area contributed by atoms with Crippen LogP contribution in [-0.2, 0) is 16.1 Å². The molecule has 2 aromatic rings. The van der Waals surface area contributed by atoms with Crippen molar-refractivity contribution >= 4 is 16.7 Å². The van der Waals surface area contributed by atoms with Gasteiger partial charge in [0.1, 0.15) is 0 Å². The van der Waals surface area contributed by atoms with Crippen LogP contribution in [0.15, 0.2) is 42.5 Å². The zero-order valence-corrected chi connectivity index (χ0v) is 9.17. The van der Waals surface area contributed by atoms with Crippen molar-refractivity contribution in [1.29, 1.82) is 0 Å². The minimum absolute atomic E-state index is 0.257. The molecule has 0 fully saturated rings. The first-order valence-electron chi connectivity index (χ1n) is 5.27. The molecule has 0 radical (unpaired) electrons. The van der Waals surface area contributed by atoms with Crippen LogP contribution in [0.1, 0.15) is 5.56 Å². The van der Waals surface area contributed by atoms with Crippen molar-refractivity contribution in [3.63, 3.8) is 0 Å². The molecule has 88 valence electrons. The average molecular weight is 231 g/mol. The number of fused-ring (bicyclic) bond motifs is 1. The van der Waals surface area contributed by atoms with Crippen LogP contribution in [0.5, 0.6) is 0 Å². The SMILES string of the molecule is NO[C@@H](Cc1cccc2ccccc12)C(=O)O. The predicted octanol–water partition coefficient (Wildman–Crippen LogP) is 1.73. The summed E-state index contributed by atoms with van der Waals surface area (Å²) < 4.78 is 0. The number of aliphatic carboxylic acids is 1. The molecule has 0 aliphatic carbocycles. The number of nitrogens with two attached hydrogens (primary N) is 1. The Balaban J connectivity index is 2.38. The monoisotopic (exact) mass is 231 g/mol. The molecule has 0 aliphatic heterocycles. The molecule has 0 heterocycles. The number of carbonyl (C=O) groups is 1. The van der Waals surface area contributed by atoms with Gasteiger partial charge in [-0.15, -0.1) is 0 Å². The number of benzene rings is 2. The van der Waals surface area contributed by atoms with E-state index in [0.29, 0.717) is 0 Å². The van der Waals surface area contributed by atoms with Gasteiger partial charge in [-0.25, -0.2) is 10.7 Å². The second-order valence-corrected chi connectivity index (χ2v) is 3.81. The molecule has 17 heavy (non-hydrogen) atoms. The van der Waals surface area contributed by atoms with Gasteiger partial charge in [-0.1, -0.05) is 42.5 Å². The van der Waals surface area contributed by atoms with Crippen molar-refractivity contribution in [3.05, 3.63) is 48.0 Å². The van der Waals surface area contributed by atoms with Crippen LogP contribution in [0.4, 0.5) is 0 Å². The zero-order valence-electron chi connectivity index (χ0n) is 9.17. The fourth-order valence-electron chi connectivity index (χ4n) is 1.86. The molecule has 0 amide bonds. The summed E-state index contributed by atoms with van der Waals surface area (Å²) in [6.45, 7) is 0. The maximum atomic E-state index is 10.9. The lowest BCUT2D eigenvalue weighted by molar-refractivity contribution is -0.150. The molecule has 4 heteroatoms. The van der Waals surface area contributed by atoms with Crippen LogP contribution < -0.4 is 5.90 Å². The maximum absolute atomic E-state index is 10.9. The van der Waals surface area contributed by atoms with Crippen molar-refractivity contribution in [2.24, 2.45) is 5.90 Å². The highest BCUT2D eigenvalue weighted by molar-refractivity contribution is 5.86. The van der Waals surface area contributed by atoms with Gasteiger partial charge in [0.05, 0.1) is 0 Å². The van der Waals surface area contributed by atoms with E-state index in [1.165, 1.54) is 0 Å². The zero-order chi connectivity index (χ0) is 12.3. The summed E-state index contributed by atoms with van der Waals surface area (Å²) in [7, 11) is 0. The molecule has 3 N–H and O–H groups in total. The van der Waals surface area contributed by atoms with Gasteiger partial charge >= 0.3 is 5.97 Å². The Kier molecular flexibility index (Phi) is 3.37. The van der Waals surface area contributed by atoms with Crippen molar-refractivity contribution in [1.82, 2.24) is 0 Å². The van der Waals surface area contributed by atoms with Gasteiger partial charge in [0.25, 0.3) is 0 Å². The van der Waals surface area contributed by atoms with Crippen LogP contribution >= 0.6 is 0 Å². The van der Waals surface area contributed by atoms with Crippen molar-refractivity contribution in [3.8, 4) is 0 Å². The molecule has 0 aliphatic rings. The topological polar surface area (TPSA) is 72.5 Å². The first kappa shape index (κ1) is 11.6. The van der Waals surface area contributed by atoms with E-state index in [0.717, 1.165) is 16.3 Å². The normalized spacial score (nSPS) is 12.5. The Morgan fingerprint density at radius 3 is 2.65 bits per heavy atom. The van der Waals surface area contributed by atoms with Crippen molar-refractivity contribution in [2.45, 2.75) is 12.5 Å². The number of carboxylic acid groups (broad SMARTS) is 1. The van der Waals surface area contributed by atoms with Crippen molar-refractivity contribution in [2.75, 3.05) is 0 Å². The molecule has 0 unspecified atom stereocenters. The van der Waals surface area contributed by atoms with E-state index in [9.17, 15) is 4.79 Å². The standard InChI is InChI=1S/C13H13NO3/c14-17-12(13(15)16)8-10-6-3-5-9-4-1-2-7-11(9)10/h1-7,12H,8,14H2,(H,15,16)/t12-/m0/s1. The molecule has 0 aromatic heterocycles. The molecule has 0 saturated carbocycles. The Hall–Kier alpha value is -1.91. The fourth-order valence-corrected chi connectivity index (χ4v) is 1.86. The lowest BCUT2D eigenvalue weighted by atomic mass is 10.00. The minimum atomic E-state index is -1.06. The molecule has 0 spiro atoms. The van der Waals surface area contributed by atoms with Gasteiger partial charge in [0.15, 0.2) is 6.10 Å². The van der Waals surface area contributed by atoms with Crippen LogP contribution in [0, 0.1) is 0 Å². The Morgan fingerprint density at radius 2 is 1.94 bits per heavy atom. The number of carboxylic acids is 1. The number of rotatable bonds is 4. The summed E-state index contributed by atoms with van der Waals surface area (Å²) in [4.78, 5) is 15.3. The van der Waals surface area contributed by atoms with Gasteiger partial charge in [-0.05, 0) is 16.3 Å². The predicted molar refractivity (Wildman–Crippen MR) is 64.3 cm³/mol. The first-order valence-corrected chi connectivity index (χ1v) is 5.27. The third-order valence-corrected chi connectivity index (χ3v) is 2.72. The molecule has 0 saturated heterocycles. The summed E-state index contributed by atoms with van der Waals surface area (Å²) in [5.74, 6) is 3.93. The summed E-state index contributed by atoms with van der Waals surface area (Å²) in [5, 5.41) is 11.0. The summed E-state index contributed by atoms with van der Waals surface area (Å²) in [6, 6.07) is 13.6. The second-order valence-electron chi connectivity index (χ2n) is 3.81. The van der Waals surface area contributed by atoms with Crippen LogP contribution in [0.2, 0.25) is 0 Å². The van der Waals surface area contributed by atoms with E-state index >= 15 is 0 Å². The van der Waals surface area contributed by atoms with E-state index < -0.39 is 12.1 Å². The summed E-state index contributed by atoms with van der Waals surface area (Å²) >= 11 is 0. The van der Waals surface area contributed by atoms with Crippen molar-refractivity contribution < 1.29 is 14.7 Å². The smallest absolute Gasteiger partial charge is 0.335 e. The fraction of sp³-hybridized carbons (Fsp3) is 0.154. The van der Waals surface area contributed by atoms with Crippen LogP contribution in [-0.4, -0.2) is 17.2 Å². The quantitative estimate of drug-likeness (QED) is 0.786. The lowest BCUT2D eigenvalue weighted by Crippen LogP contribution is -2.29. The van der Waals surface area contributed by atoms with E-state index in [-0.39, 0.29) is 6.42 Å². The van der Waals surface area contributed by atoms with E-state index in [4.69, 9.17) is 11.0 Å². The highest BCUT2D eigenvalue weighted by Crippen LogP contribution is 2.20. The Morgan fingerprint density at radius 1 is 1.24 bits per heavy atom. The molecule has 0 bridgehead atoms. The van der Waals surface area contributed by atoms with Crippen LogP contribution in [0.3, 0.4) is 0 Å². The number of hydrogen-bond donors (Lipinski definition) is 2. The molecular formula is C13H13NO3. The molecular weight excluding hydrogens is 218 g/mol. The first-order chi connectivity index (χ1) is 8.22. The lowest BCUT2D eigenvalue weighted by Gasteiger charge is -2.11. The molecule has 1 atom stereocenters. The Labute approximate surface area is 98.6 Å². The molecule has 2 aromatic carbocycles. The average Bonchev–Trinajstić information content (AvgIpc) is 2.35. The van der Waals surface area contributed by atoms with Crippen LogP contribution in [0.25, 0.3) is 10.8 Å². The highest BCUT2D eigenvalue weighted by Gasteiger charge is 2.18. The van der Waals surface area contributed by atoms with E-state index in [1.807, 2.05) is 42.5 Å². The highest BCUT2D eigenvalue weighted by atomic mass is 16.6. The van der Waals surface area contributed by atoms with E-state index in [1.54, 1.807) is 0 Å². The van der Waals surface area contributed by atoms with Gasteiger partial charge in [0.2, 0.25) is 0 Å². The minimum Gasteiger partial charge on any atom is -0.479 e. The molecule has 4 nitrogen and oxygen atoms in total. The van der Waals surface area contributed by atoms with E-state index in [2.05, 4.69) is 4.84 Å². The molecule has 2 rings (SSSR count). The summed E-state index contributed by atoms with van der Waals surface area (Å²) in [5.41, 5.74) is 0.918. The Bertz CT molecular complexity index is 534. The number of hydrogen-bond acceptors (Lipinski definition) is 3. The summed E-state index contributed by atoms with van der Waals surface area (Å²) in [6.07, 6.45) is -0.756. The van der Waals surface area contributed by atoms with Gasteiger partial charge in [-0.2, -0.15) is 0 Å². The second kappa shape index (κ2) is 4.95. The maximum Gasteiger partial charge on any atom is 0.335 e. The van der Waals surface area contributed by atoms with Gasteiger partial charge in [-0.3, -0.25) is 4.84 Å². The third-order valence-electron chi connectivity index (χ3n) is 2.72.